The Morgan fingerprint density at radius 3 is 2.89 bits per heavy atom. The number of carbonyl (C=O) groups is 1. The molecule has 28 heavy (non-hydrogen) atoms. The fraction of sp³-hybridized carbons (Fsp3) is 0.286. The number of benzene rings is 1. The number of nitrogens with zero attached hydrogens (tertiary/aromatic N) is 3. The number of imidazole rings is 1. The summed E-state index contributed by atoms with van der Waals surface area (Å²) < 4.78 is 5.50. The Labute approximate surface area is 163 Å². The Morgan fingerprint density at radius 2 is 2.14 bits per heavy atom. The van der Waals surface area contributed by atoms with Crippen molar-refractivity contribution in [2.75, 3.05) is 19.7 Å². The first-order valence-electron chi connectivity index (χ1n) is 9.39. The fourth-order valence-electron chi connectivity index (χ4n) is 3.58. The van der Waals surface area contributed by atoms with E-state index in [1.807, 2.05) is 41.3 Å². The predicted molar refractivity (Wildman–Crippen MR) is 105 cm³/mol. The van der Waals surface area contributed by atoms with Crippen molar-refractivity contribution in [2.24, 2.45) is 5.73 Å². The van der Waals surface area contributed by atoms with Gasteiger partial charge in [-0.05, 0) is 29.3 Å². The molecule has 1 amide bonds. The van der Waals surface area contributed by atoms with E-state index in [0.717, 1.165) is 34.7 Å². The van der Waals surface area contributed by atoms with Gasteiger partial charge in [-0.2, -0.15) is 0 Å². The van der Waals surface area contributed by atoms with Crippen molar-refractivity contribution in [2.45, 2.75) is 18.9 Å². The number of nitrogens with two attached hydrogens (primary N) is 1. The number of aromatic amines is 1. The van der Waals surface area contributed by atoms with Crippen LogP contribution in [0.1, 0.15) is 28.6 Å². The second-order valence-corrected chi connectivity index (χ2v) is 6.75. The van der Waals surface area contributed by atoms with Crippen molar-refractivity contribution in [3.8, 4) is 5.75 Å². The first-order valence-corrected chi connectivity index (χ1v) is 9.39. The summed E-state index contributed by atoms with van der Waals surface area (Å²) in [5.41, 5.74) is 9.35. The number of hydrogen-bond donors (Lipinski definition) is 2. The zero-order valence-electron chi connectivity index (χ0n) is 15.5. The number of hydrogen-bond acceptors (Lipinski definition) is 5. The number of fused-ring (bicyclic) bond motifs is 1. The lowest BCUT2D eigenvalue weighted by Crippen LogP contribution is -2.41. The number of ether oxygens (including phenoxy) is 1. The molecule has 0 unspecified atom stereocenters. The van der Waals surface area contributed by atoms with E-state index in [2.05, 4.69) is 15.0 Å². The molecule has 3 aromatic rings. The molecule has 7 nitrogen and oxygen atoms in total. The van der Waals surface area contributed by atoms with Crippen LogP contribution in [0.25, 0.3) is 0 Å². The van der Waals surface area contributed by atoms with E-state index in [0.29, 0.717) is 26.1 Å². The van der Waals surface area contributed by atoms with Crippen molar-refractivity contribution in [3.63, 3.8) is 0 Å². The monoisotopic (exact) mass is 377 g/mol. The van der Waals surface area contributed by atoms with Gasteiger partial charge in [-0.1, -0.05) is 18.2 Å². The molecule has 2 aromatic heterocycles. The summed E-state index contributed by atoms with van der Waals surface area (Å²) in [4.78, 5) is 27.0. The molecule has 0 radical (unpaired) electrons. The van der Waals surface area contributed by atoms with Crippen LogP contribution in [0.15, 0.2) is 55.1 Å². The fourth-order valence-corrected chi connectivity index (χ4v) is 3.58. The van der Waals surface area contributed by atoms with Crippen LogP contribution < -0.4 is 10.5 Å². The number of carbonyl (C=O) groups excluding carboxylic acids is 1. The van der Waals surface area contributed by atoms with Crippen LogP contribution in [-0.2, 0) is 17.6 Å². The molecule has 7 heteroatoms. The normalized spacial score (nSPS) is 15.9. The Morgan fingerprint density at radius 1 is 1.29 bits per heavy atom. The average Bonchev–Trinajstić information content (AvgIpc) is 3.22. The van der Waals surface area contributed by atoms with E-state index in [1.165, 1.54) is 0 Å². The van der Waals surface area contributed by atoms with Crippen LogP contribution in [0.3, 0.4) is 0 Å². The summed E-state index contributed by atoms with van der Waals surface area (Å²) in [6.45, 7) is 1.59. The number of H-pyrrole nitrogens is 1. The summed E-state index contributed by atoms with van der Waals surface area (Å²) in [5.74, 6) is 0.826. The lowest BCUT2D eigenvalue weighted by molar-refractivity contribution is -0.132. The zero-order chi connectivity index (χ0) is 19.3. The topological polar surface area (TPSA) is 97.1 Å². The number of amides is 1. The van der Waals surface area contributed by atoms with Gasteiger partial charge in [0.25, 0.3) is 0 Å². The molecular weight excluding hydrogens is 354 g/mol. The average molecular weight is 377 g/mol. The predicted octanol–water partition coefficient (Wildman–Crippen LogP) is 1.86. The van der Waals surface area contributed by atoms with Crippen LogP contribution in [0, 0.1) is 0 Å². The van der Waals surface area contributed by atoms with Gasteiger partial charge in [0.1, 0.15) is 18.4 Å². The Bertz CT molecular complexity index is 923. The van der Waals surface area contributed by atoms with Crippen LogP contribution >= 0.6 is 0 Å². The minimum Gasteiger partial charge on any atom is -0.492 e. The summed E-state index contributed by atoms with van der Waals surface area (Å²) in [6, 6.07) is 11.3. The van der Waals surface area contributed by atoms with E-state index in [-0.39, 0.29) is 11.9 Å². The number of pyridine rings is 1. The van der Waals surface area contributed by atoms with E-state index >= 15 is 0 Å². The largest absolute Gasteiger partial charge is 0.492 e. The lowest BCUT2D eigenvalue weighted by Gasteiger charge is -2.35. The Hall–Kier alpha value is -3.19. The molecule has 4 rings (SSSR count). The smallest absolute Gasteiger partial charge is 0.227 e. The molecule has 0 saturated heterocycles. The van der Waals surface area contributed by atoms with Gasteiger partial charge in [-0.25, -0.2) is 4.98 Å². The maximum atomic E-state index is 13.2. The Balaban J connectivity index is 1.54. The summed E-state index contributed by atoms with van der Waals surface area (Å²) in [7, 11) is 0. The van der Waals surface area contributed by atoms with Crippen LogP contribution in [0.5, 0.6) is 5.75 Å². The molecule has 0 bridgehead atoms. The highest BCUT2D eigenvalue weighted by atomic mass is 16.5. The Kier molecular flexibility index (Phi) is 5.34. The minimum absolute atomic E-state index is 0.0677. The summed E-state index contributed by atoms with van der Waals surface area (Å²) >= 11 is 0. The van der Waals surface area contributed by atoms with Crippen LogP contribution in [0.2, 0.25) is 0 Å². The van der Waals surface area contributed by atoms with Crippen molar-refractivity contribution in [1.82, 2.24) is 19.9 Å². The second kappa shape index (κ2) is 8.22. The van der Waals surface area contributed by atoms with Crippen LogP contribution in [-0.4, -0.2) is 45.5 Å². The SMILES string of the molecule is NCCOc1ccc(CC(=O)N2CCc3[nH]cnc3[C@@H]2c2cccnc2)cc1. The van der Waals surface area contributed by atoms with Crippen molar-refractivity contribution >= 4 is 5.91 Å². The zero-order valence-corrected chi connectivity index (χ0v) is 15.5. The van der Waals surface area contributed by atoms with Crippen LogP contribution in [0.4, 0.5) is 0 Å². The van der Waals surface area contributed by atoms with E-state index in [9.17, 15) is 4.79 Å². The summed E-state index contributed by atoms with van der Waals surface area (Å²) in [5, 5.41) is 0. The molecular formula is C21H23N5O2. The first kappa shape index (κ1) is 18.2. The van der Waals surface area contributed by atoms with Gasteiger partial charge in [0.15, 0.2) is 0 Å². The highest BCUT2D eigenvalue weighted by Crippen LogP contribution is 2.33. The number of nitrogens with one attached hydrogen (secondary N) is 1. The van der Waals surface area contributed by atoms with Crippen molar-refractivity contribution in [3.05, 3.63) is 77.6 Å². The molecule has 0 spiro atoms. The highest BCUT2D eigenvalue weighted by molar-refractivity contribution is 5.80. The van der Waals surface area contributed by atoms with Gasteiger partial charge < -0.3 is 20.4 Å². The molecule has 1 atom stereocenters. The standard InChI is InChI=1S/C21H23N5O2/c22-8-11-28-17-5-3-15(4-6-17)12-19(27)26-10-7-18-20(25-14-24-18)21(26)16-2-1-9-23-13-16/h1-6,9,13-14,21H,7-8,10-12,22H2,(H,24,25)/t21-/m0/s1. The van der Waals surface area contributed by atoms with Gasteiger partial charge in [0.05, 0.1) is 18.4 Å². The first-order chi connectivity index (χ1) is 13.8. The molecule has 0 saturated carbocycles. The van der Waals surface area contributed by atoms with E-state index in [1.54, 1.807) is 18.7 Å². The highest BCUT2D eigenvalue weighted by Gasteiger charge is 2.33. The summed E-state index contributed by atoms with van der Waals surface area (Å²) in [6.07, 6.45) is 6.33. The molecule has 1 aromatic carbocycles. The van der Waals surface area contributed by atoms with Crippen molar-refractivity contribution in [1.29, 1.82) is 0 Å². The van der Waals surface area contributed by atoms with Gasteiger partial charge >= 0.3 is 0 Å². The lowest BCUT2D eigenvalue weighted by atomic mass is 9.96. The van der Waals surface area contributed by atoms with Gasteiger partial charge in [-0.3, -0.25) is 9.78 Å². The molecule has 1 aliphatic heterocycles. The van der Waals surface area contributed by atoms with Crippen molar-refractivity contribution < 1.29 is 9.53 Å². The van der Waals surface area contributed by atoms with E-state index in [4.69, 9.17) is 10.5 Å². The third-order valence-electron chi connectivity index (χ3n) is 4.91. The number of rotatable bonds is 6. The molecule has 1 aliphatic rings. The quantitative estimate of drug-likeness (QED) is 0.683. The molecule has 0 aliphatic carbocycles. The molecule has 0 fully saturated rings. The van der Waals surface area contributed by atoms with Gasteiger partial charge in [0, 0.05) is 37.6 Å². The van der Waals surface area contributed by atoms with E-state index < -0.39 is 0 Å². The van der Waals surface area contributed by atoms with Gasteiger partial charge in [-0.15, -0.1) is 0 Å². The molecule has 3 heterocycles. The second-order valence-electron chi connectivity index (χ2n) is 6.75. The maximum Gasteiger partial charge on any atom is 0.227 e. The van der Waals surface area contributed by atoms with Gasteiger partial charge in [0.2, 0.25) is 5.91 Å². The third kappa shape index (κ3) is 3.75. The third-order valence-corrected chi connectivity index (χ3v) is 4.91. The maximum absolute atomic E-state index is 13.2. The molecule has 144 valence electrons. The minimum atomic E-state index is -0.219. The number of aromatic nitrogens is 3. The molecule has 3 N–H and O–H groups in total.